The molecule has 1 amide bonds. The lowest BCUT2D eigenvalue weighted by molar-refractivity contribution is -0.140. The van der Waals surface area contributed by atoms with Gasteiger partial charge in [-0.2, -0.15) is 0 Å². The minimum atomic E-state index is -0.672. The zero-order valence-electron chi connectivity index (χ0n) is 20.0. The van der Waals surface area contributed by atoms with Crippen LogP contribution in [-0.2, 0) is 21.4 Å². The fourth-order valence-electron chi connectivity index (χ4n) is 7.64. The molecule has 0 radical (unpaired) electrons. The highest BCUT2D eigenvalue weighted by Gasteiger charge is 2.74. The molecule has 180 valence electrons. The number of nitrogens with zero attached hydrogens (tertiary/aromatic N) is 1. The zero-order valence-corrected chi connectivity index (χ0v) is 20.0. The minimum Gasteiger partial charge on any atom is -0.493 e. The van der Waals surface area contributed by atoms with Gasteiger partial charge in [0, 0.05) is 30.1 Å². The number of nitrogens with one attached hydrogen (secondary N) is 1. The molecule has 2 aromatic rings. The van der Waals surface area contributed by atoms with Crippen molar-refractivity contribution in [3.63, 3.8) is 0 Å². The van der Waals surface area contributed by atoms with E-state index in [2.05, 4.69) is 16.3 Å². The molecule has 4 atom stereocenters. The molecule has 6 heteroatoms. The molecular formula is C29H30N2O4. The molecule has 2 bridgehead atoms. The van der Waals surface area contributed by atoms with E-state index in [-0.39, 0.29) is 11.8 Å². The number of carbonyl (C=O) groups excluding carboxylic acids is 2. The van der Waals surface area contributed by atoms with Crippen molar-refractivity contribution >= 4 is 18.3 Å². The Morgan fingerprint density at radius 3 is 2.77 bits per heavy atom. The number of rotatable bonds is 6. The molecule has 2 aromatic carbocycles. The lowest BCUT2D eigenvalue weighted by atomic mass is 9.46. The number of Topliss-reactive ketones (excluding diaryl/α,β-unsaturated/α-hetero) is 1. The summed E-state index contributed by atoms with van der Waals surface area (Å²) >= 11 is 0. The number of carbonyl (C=O) groups is 2. The van der Waals surface area contributed by atoms with E-state index in [1.165, 1.54) is 18.4 Å². The molecule has 2 heterocycles. The van der Waals surface area contributed by atoms with Crippen molar-refractivity contribution in [2.24, 2.45) is 5.92 Å². The van der Waals surface area contributed by atoms with Crippen LogP contribution in [0.5, 0.6) is 11.5 Å². The highest BCUT2D eigenvalue weighted by atomic mass is 16.5. The molecule has 3 fully saturated rings. The fourth-order valence-corrected chi connectivity index (χ4v) is 7.64. The standard InChI is InChI=1S/C29H30N2O4/c1-34-22-10-9-20-14-23-29(30-17-32)15-21(13-18-5-3-2-4-6-18)25(33)27-28(29,24(20)26(22)35-27)11-12-31(23)16-19-7-8-19/h2-6,9-10,13,17,19,23,27H,7-8,11-12,14-16H2,1H3,(H,30,32)/b21-13-/t23?,27-,28-,29+/m0/s1. The van der Waals surface area contributed by atoms with Crippen molar-refractivity contribution in [1.29, 1.82) is 0 Å². The van der Waals surface area contributed by atoms with Crippen LogP contribution < -0.4 is 14.8 Å². The Morgan fingerprint density at radius 1 is 1.20 bits per heavy atom. The number of methoxy groups -OCH3 is 1. The third-order valence-electron chi connectivity index (χ3n) is 9.24. The number of ether oxygens (including phenoxy) is 2. The van der Waals surface area contributed by atoms with Crippen molar-refractivity contribution in [1.82, 2.24) is 10.2 Å². The van der Waals surface area contributed by atoms with Crippen LogP contribution in [0.1, 0.15) is 42.4 Å². The van der Waals surface area contributed by atoms with Gasteiger partial charge in [0.1, 0.15) is 0 Å². The number of amides is 1. The lowest BCUT2D eigenvalue weighted by Crippen LogP contribution is -2.81. The Kier molecular flexibility index (Phi) is 4.50. The minimum absolute atomic E-state index is 0.0256. The Hall–Kier alpha value is -3.12. The van der Waals surface area contributed by atoms with Crippen LogP contribution in [0.3, 0.4) is 0 Å². The predicted molar refractivity (Wildman–Crippen MR) is 131 cm³/mol. The quantitative estimate of drug-likeness (QED) is 0.519. The van der Waals surface area contributed by atoms with Crippen molar-refractivity contribution < 1.29 is 19.1 Å². The summed E-state index contributed by atoms with van der Waals surface area (Å²) in [6.07, 6.45) is 6.84. The smallest absolute Gasteiger partial charge is 0.207 e. The van der Waals surface area contributed by atoms with Gasteiger partial charge in [-0.15, -0.1) is 0 Å². The Balaban J connectivity index is 1.46. The molecule has 35 heavy (non-hydrogen) atoms. The van der Waals surface area contributed by atoms with Crippen LogP contribution in [0.25, 0.3) is 6.08 Å². The molecule has 5 aliphatic rings. The topological polar surface area (TPSA) is 67.9 Å². The maximum Gasteiger partial charge on any atom is 0.207 e. The Labute approximate surface area is 205 Å². The summed E-state index contributed by atoms with van der Waals surface area (Å²) in [6.45, 7) is 1.96. The number of piperidine rings is 1. The normalized spacial score (nSPS) is 33.7. The van der Waals surface area contributed by atoms with Crippen LogP contribution in [0.4, 0.5) is 0 Å². The van der Waals surface area contributed by atoms with Crippen LogP contribution in [-0.4, -0.2) is 55.0 Å². The molecule has 1 saturated heterocycles. The van der Waals surface area contributed by atoms with Gasteiger partial charge in [-0.25, -0.2) is 0 Å². The maximum absolute atomic E-state index is 14.1. The Bertz CT molecular complexity index is 1250. The molecule has 6 nitrogen and oxygen atoms in total. The van der Waals surface area contributed by atoms with Gasteiger partial charge < -0.3 is 14.8 Å². The van der Waals surface area contributed by atoms with E-state index in [4.69, 9.17) is 9.47 Å². The second-order valence-corrected chi connectivity index (χ2v) is 10.9. The van der Waals surface area contributed by atoms with E-state index < -0.39 is 17.1 Å². The first-order chi connectivity index (χ1) is 17.1. The van der Waals surface area contributed by atoms with Crippen LogP contribution in [0.2, 0.25) is 0 Å². The van der Waals surface area contributed by atoms with Gasteiger partial charge >= 0.3 is 0 Å². The fraction of sp³-hybridized carbons (Fsp3) is 0.448. The first-order valence-electron chi connectivity index (χ1n) is 12.7. The zero-order chi connectivity index (χ0) is 23.8. The molecule has 0 aromatic heterocycles. The molecule has 1 N–H and O–H groups in total. The summed E-state index contributed by atoms with van der Waals surface area (Å²) in [5.74, 6) is 2.12. The second kappa shape index (κ2) is 7.44. The summed E-state index contributed by atoms with van der Waals surface area (Å²) in [4.78, 5) is 29.0. The number of hydrogen-bond acceptors (Lipinski definition) is 5. The molecule has 7 rings (SSSR count). The maximum atomic E-state index is 14.1. The summed E-state index contributed by atoms with van der Waals surface area (Å²) in [5.41, 5.74) is 2.80. The molecule has 1 spiro atoms. The first-order valence-corrected chi connectivity index (χ1v) is 12.7. The van der Waals surface area contributed by atoms with E-state index in [0.717, 1.165) is 55.0 Å². The van der Waals surface area contributed by atoms with E-state index in [1.54, 1.807) is 7.11 Å². The van der Waals surface area contributed by atoms with Gasteiger partial charge in [-0.3, -0.25) is 14.5 Å². The summed E-state index contributed by atoms with van der Waals surface area (Å²) < 4.78 is 12.3. The third kappa shape index (κ3) is 2.74. The number of ketones is 1. The van der Waals surface area contributed by atoms with E-state index in [1.807, 2.05) is 42.5 Å². The van der Waals surface area contributed by atoms with E-state index >= 15 is 0 Å². The highest BCUT2D eigenvalue weighted by Crippen LogP contribution is 2.65. The van der Waals surface area contributed by atoms with E-state index in [0.29, 0.717) is 17.9 Å². The van der Waals surface area contributed by atoms with Gasteiger partial charge in [0.2, 0.25) is 6.41 Å². The van der Waals surface area contributed by atoms with Gasteiger partial charge in [0.05, 0.1) is 18.1 Å². The van der Waals surface area contributed by atoms with Gasteiger partial charge in [0.25, 0.3) is 0 Å². The number of likely N-dealkylation sites (tertiary alicyclic amines) is 1. The lowest BCUT2D eigenvalue weighted by Gasteiger charge is -2.65. The average molecular weight is 471 g/mol. The summed E-state index contributed by atoms with van der Waals surface area (Å²) in [6, 6.07) is 14.2. The average Bonchev–Trinajstić information content (AvgIpc) is 3.61. The van der Waals surface area contributed by atoms with Crippen molar-refractivity contribution in [3.05, 3.63) is 64.7 Å². The second-order valence-electron chi connectivity index (χ2n) is 10.9. The molecule has 2 aliphatic heterocycles. The summed E-state index contributed by atoms with van der Waals surface area (Å²) in [7, 11) is 1.64. The van der Waals surface area contributed by atoms with Gasteiger partial charge in [-0.05, 0) is 61.4 Å². The highest BCUT2D eigenvalue weighted by molar-refractivity contribution is 6.06. The van der Waals surface area contributed by atoms with Gasteiger partial charge in [0.15, 0.2) is 23.4 Å². The number of benzene rings is 2. The monoisotopic (exact) mass is 470 g/mol. The summed E-state index contributed by atoms with van der Waals surface area (Å²) in [5, 5.41) is 3.36. The largest absolute Gasteiger partial charge is 0.493 e. The van der Waals surface area contributed by atoms with E-state index in [9.17, 15) is 9.59 Å². The van der Waals surface area contributed by atoms with Crippen LogP contribution in [0, 0.1) is 5.92 Å². The molecule has 2 saturated carbocycles. The molecule has 3 aliphatic carbocycles. The molecule has 1 unspecified atom stereocenters. The van der Waals surface area contributed by atoms with Gasteiger partial charge in [-0.1, -0.05) is 36.4 Å². The van der Waals surface area contributed by atoms with Crippen molar-refractivity contribution in [2.45, 2.75) is 55.2 Å². The van der Waals surface area contributed by atoms with Crippen LogP contribution >= 0.6 is 0 Å². The third-order valence-corrected chi connectivity index (χ3v) is 9.24. The first kappa shape index (κ1) is 21.2. The molecular weight excluding hydrogens is 440 g/mol. The van der Waals surface area contributed by atoms with Crippen LogP contribution in [0.15, 0.2) is 48.0 Å². The number of hydrogen-bond donors (Lipinski definition) is 1. The van der Waals surface area contributed by atoms with Crippen molar-refractivity contribution in [3.8, 4) is 11.5 Å². The van der Waals surface area contributed by atoms with Crippen molar-refractivity contribution in [2.75, 3.05) is 20.2 Å². The SMILES string of the molecule is COc1ccc2c3c1O[C@H]1C(=O)/C(=C\c4ccccc4)C[C@@]4(NC=O)C(C2)N(CC2CC2)CC[C@]314. The predicted octanol–water partition coefficient (Wildman–Crippen LogP) is 3.28. The Morgan fingerprint density at radius 2 is 2.03 bits per heavy atom.